The highest BCUT2D eigenvalue weighted by Gasteiger charge is 2.14. The van der Waals surface area contributed by atoms with Crippen LogP contribution in [0, 0.1) is 0 Å². The summed E-state index contributed by atoms with van der Waals surface area (Å²) in [5.74, 6) is 0.989. The van der Waals surface area contributed by atoms with E-state index in [0.717, 1.165) is 36.2 Å². The predicted octanol–water partition coefficient (Wildman–Crippen LogP) is 3.51. The topological polar surface area (TPSA) is 51.0 Å². The normalized spacial score (nSPS) is 12.6. The number of furan rings is 1. The summed E-state index contributed by atoms with van der Waals surface area (Å²) in [7, 11) is 0. The molecule has 3 aromatic rings. The molecule has 0 spiro atoms. The highest BCUT2D eigenvalue weighted by atomic mass is 16.3. The van der Waals surface area contributed by atoms with E-state index in [1.807, 2.05) is 18.2 Å². The smallest absolute Gasteiger partial charge is 0.105 e. The lowest BCUT2D eigenvalue weighted by Gasteiger charge is -2.18. The molecule has 21 heavy (non-hydrogen) atoms. The van der Waals surface area contributed by atoms with Gasteiger partial charge in [-0.15, -0.1) is 0 Å². The van der Waals surface area contributed by atoms with Gasteiger partial charge in [0.25, 0.3) is 0 Å². The SMILES string of the molecule is CCCNC(Cc1ccco1)c1ccc2nccnc2c1. The van der Waals surface area contributed by atoms with Crippen LogP contribution in [-0.4, -0.2) is 16.5 Å². The molecule has 1 atom stereocenters. The summed E-state index contributed by atoms with van der Waals surface area (Å²) < 4.78 is 5.48. The molecule has 0 aliphatic heterocycles. The van der Waals surface area contributed by atoms with E-state index in [4.69, 9.17) is 4.42 Å². The van der Waals surface area contributed by atoms with Crippen LogP contribution >= 0.6 is 0 Å². The molecule has 1 unspecified atom stereocenters. The molecule has 0 aliphatic carbocycles. The third-order valence-electron chi connectivity index (χ3n) is 3.52. The zero-order valence-electron chi connectivity index (χ0n) is 12.1. The second-order valence-corrected chi connectivity index (χ2v) is 5.09. The van der Waals surface area contributed by atoms with Gasteiger partial charge in [0.2, 0.25) is 0 Å². The first-order valence-corrected chi connectivity index (χ1v) is 7.33. The fourth-order valence-corrected chi connectivity index (χ4v) is 2.45. The Balaban J connectivity index is 1.89. The molecular formula is C17H19N3O. The first-order chi connectivity index (χ1) is 10.4. The number of hydrogen-bond acceptors (Lipinski definition) is 4. The van der Waals surface area contributed by atoms with E-state index in [1.165, 1.54) is 5.56 Å². The van der Waals surface area contributed by atoms with Crippen molar-refractivity contribution in [1.29, 1.82) is 0 Å². The van der Waals surface area contributed by atoms with Gasteiger partial charge in [0, 0.05) is 24.9 Å². The van der Waals surface area contributed by atoms with Crippen molar-refractivity contribution in [3.8, 4) is 0 Å². The maximum absolute atomic E-state index is 5.48. The Morgan fingerprint density at radius 1 is 1.14 bits per heavy atom. The van der Waals surface area contributed by atoms with E-state index >= 15 is 0 Å². The highest BCUT2D eigenvalue weighted by Crippen LogP contribution is 2.21. The first-order valence-electron chi connectivity index (χ1n) is 7.33. The van der Waals surface area contributed by atoms with Crippen LogP contribution in [0.5, 0.6) is 0 Å². The van der Waals surface area contributed by atoms with Crippen molar-refractivity contribution in [2.24, 2.45) is 0 Å². The number of hydrogen-bond donors (Lipinski definition) is 1. The van der Waals surface area contributed by atoms with Crippen LogP contribution in [0.4, 0.5) is 0 Å². The van der Waals surface area contributed by atoms with Crippen molar-refractivity contribution >= 4 is 11.0 Å². The molecule has 4 nitrogen and oxygen atoms in total. The van der Waals surface area contributed by atoms with Gasteiger partial charge in [-0.3, -0.25) is 9.97 Å². The monoisotopic (exact) mass is 281 g/mol. The molecule has 0 saturated carbocycles. The first kappa shape index (κ1) is 13.8. The van der Waals surface area contributed by atoms with Gasteiger partial charge in [-0.05, 0) is 42.8 Å². The quantitative estimate of drug-likeness (QED) is 0.751. The van der Waals surface area contributed by atoms with Crippen LogP contribution < -0.4 is 5.32 Å². The van der Waals surface area contributed by atoms with Gasteiger partial charge in [0.05, 0.1) is 17.3 Å². The van der Waals surface area contributed by atoms with Crippen LogP contribution in [0.1, 0.15) is 30.7 Å². The van der Waals surface area contributed by atoms with Gasteiger partial charge in [0.15, 0.2) is 0 Å². The fraction of sp³-hybridized carbons (Fsp3) is 0.294. The average Bonchev–Trinajstić information content (AvgIpc) is 3.04. The number of nitrogens with one attached hydrogen (secondary N) is 1. The summed E-state index contributed by atoms with van der Waals surface area (Å²) in [5, 5.41) is 3.58. The van der Waals surface area contributed by atoms with E-state index in [9.17, 15) is 0 Å². The van der Waals surface area contributed by atoms with Crippen LogP contribution in [0.3, 0.4) is 0 Å². The van der Waals surface area contributed by atoms with Crippen molar-refractivity contribution in [3.63, 3.8) is 0 Å². The number of rotatable bonds is 6. The van der Waals surface area contributed by atoms with E-state index < -0.39 is 0 Å². The number of fused-ring (bicyclic) bond motifs is 1. The minimum atomic E-state index is 0.225. The Kier molecular flexibility index (Phi) is 4.26. The molecule has 0 saturated heterocycles. The van der Waals surface area contributed by atoms with Crippen molar-refractivity contribution < 1.29 is 4.42 Å². The molecule has 0 amide bonds. The van der Waals surface area contributed by atoms with Crippen molar-refractivity contribution in [2.45, 2.75) is 25.8 Å². The number of benzene rings is 1. The number of nitrogens with zero attached hydrogens (tertiary/aromatic N) is 2. The van der Waals surface area contributed by atoms with Crippen molar-refractivity contribution in [3.05, 3.63) is 60.3 Å². The molecule has 1 N–H and O–H groups in total. The third kappa shape index (κ3) is 3.28. The van der Waals surface area contributed by atoms with E-state index in [-0.39, 0.29) is 6.04 Å². The Hall–Kier alpha value is -2.20. The van der Waals surface area contributed by atoms with Crippen molar-refractivity contribution in [2.75, 3.05) is 6.54 Å². The zero-order valence-corrected chi connectivity index (χ0v) is 12.1. The molecule has 108 valence electrons. The average molecular weight is 281 g/mol. The van der Waals surface area contributed by atoms with Crippen molar-refractivity contribution in [1.82, 2.24) is 15.3 Å². The summed E-state index contributed by atoms with van der Waals surface area (Å²) >= 11 is 0. The molecule has 0 radical (unpaired) electrons. The Morgan fingerprint density at radius 2 is 2.00 bits per heavy atom. The zero-order chi connectivity index (χ0) is 14.5. The molecule has 2 aromatic heterocycles. The predicted molar refractivity (Wildman–Crippen MR) is 83.0 cm³/mol. The summed E-state index contributed by atoms with van der Waals surface area (Å²) in [6.45, 7) is 3.15. The summed E-state index contributed by atoms with van der Waals surface area (Å²) in [4.78, 5) is 8.71. The lowest BCUT2D eigenvalue weighted by Crippen LogP contribution is -2.24. The lowest BCUT2D eigenvalue weighted by atomic mass is 10.0. The Labute approximate surface area is 124 Å². The summed E-state index contributed by atoms with van der Waals surface area (Å²) in [6.07, 6.45) is 7.10. The van der Waals surface area contributed by atoms with Gasteiger partial charge in [-0.25, -0.2) is 0 Å². The van der Waals surface area contributed by atoms with Crippen LogP contribution in [0.15, 0.2) is 53.4 Å². The minimum absolute atomic E-state index is 0.225. The van der Waals surface area contributed by atoms with Crippen LogP contribution in [0.2, 0.25) is 0 Å². The van der Waals surface area contributed by atoms with Gasteiger partial charge < -0.3 is 9.73 Å². The van der Waals surface area contributed by atoms with Gasteiger partial charge in [-0.1, -0.05) is 13.0 Å². The molecule has 3 rings (SSSR count). The fourth-order valence-electron chi connectivity index (χ4n) is 2.45. The van der Waals surface area contributed by atoms with E-state index in [0.29, 0.717) is 0 Å². The van der Waals surface area contributed by atoms with Gasteiger partial charge in [0.1, 0.15) is 5.76 Å². The van der Waals surface area contributed by atoms with Gasteiger partial charge >= 0.3 is 0 Å². The molecule has 0 bridgehead atoms. The van der Waals surface area contributed by atoms with E-state index in [1.54, 1.807) is 18.7 Å². The van der Waals surface area contributed by atoms with Crippen LogP contribution in [0.25, 0.3) is 11.0 Å². The minimum Gasteiger partial charge on any atom is -0.469 e. The Morgan fingerprint density at radius 3 is 2.76 bits per heavy atom. The standard InChI is InChI=1S/C17H19N3O/c1-2-7-18-16(12-14-4-3-10-21-14)13-5-6-15-17(11-13)20-9-8-19-15/h3-6,8-11,16,18H,2,7,12H2,1H3. The molecule has 4 heteroatoms. The van der Waals surface area contributed by atoms with Gasteiger partial charge in [-0.2, -0.15) is 0 Å². The maximum atomic E-state index is 5.48. The maximum Gasteiger partial charge on any atom is 0.105 e. The molecule has 1 aromatic carbocycles. The summed E-state index contributed by atoms with van der Waals surface area (Å²) in [6, 6.07) is 10.4. The second-order valence-electron chi connectivity index (χ2n) is 5.09. The molecular weight excluding hydrogens is 262 g/mol. The molecule has 0 fully saturated rings. The lowest BCUT2D eigenvalue weighted by molar-refractivity contribution is 0.449. The summed E-state index contributed by atoms with van der Waals surface area (Å²) in [5.41, 5.74) is 3.07. The highest BCUT2D eigenvalue weighted by molar-refractivity contribution is 5.74. The second kappa shape index (κ2) is 6.50. The molecule has 0 aliphatic rings. The Bertz CT molecular complexity index is 694. The number of aromatic nitrogens is 2. The van der Waals surface area contributed by atoms with E-state index in [2.05, 4.69) is 34.3 Å². The van der Waals surface area contributed by atoms with Crippen LogP contribution in [-0.2, 0) is 6.42 Å². The third-order valence-corrected chi connectivity index (χ3v) is 3.52. The largest absolute Gasteiger partial charge is 0.469 e. The molecule has 2 heterocycles.